The Morgan fingerprint density at radius 3 is 2.37 bits per heavy atom. The second-order valence-electron chi connectivity index (χ2n) is 3.76. The quantitative estimate of drug-likeness (QED) is 0.509. The van der Waals surface area contributed by atoms with Crippen LogP contribution in [0.15, 0.2) is 22.0 Å². The summed E-state index contributed by atoms with van der Waals surface area (Å²) in [6.45, 7) is 0.252. The highest BCUT2D eigenvalue weighted by Crippen LogP contribution is 2.24. The zero-order valence-electron chi connectivity index (χ0n) is 10.1. The van der Waals surface area contributed by atoms with Crippen LogP contribution in [0.3, 0.4) is 0 Å². The van der Waals surface area contributed by atoms with Gasteiger partial charge >= 0.3 is 0 Å². The molecule has 0 bridgehead atoms. The molecule has 1 aromatic rings. The summed E-state index contributed by atoms with van der Waals surface area (Å²) < 4.78 is 36.0. The van der Waals surface area contributed by atoms with E-state index in [1.165, 1.54) is 19.1 Å². The average Bonchev–Trinajstić information content (AvgIpc) is 2.25. The number of hydrogen-bond acceptors (Lipinski definition) is 3. The van der Waals surface area contributed by atoms with Gasteiger partial charge in [0.2, 0.25) is 10.0 Å². The van der Waals surface area contributed by atoms with Crippen molar-refractivity contribution >= 4 is 21.9 Å². The molecule has 0 aliphatic heterocycles. The molecule has 9 heteroatoms. The average molecular weight is 288 g/mol. The van der Waals surface area contributed by atoms with Gasteiger partial charge in [0.15, 0.2) is 5.96 Å². The molecule has 0 unspecified atom stereocenters. The molecule has 0 atom stereocenters. The predicted octanol–water partition coefficient (Wildman–Crippen LogP) is -0.474. The summed E-state index contributed by atoms with van der Waals surface area (Å²) in [5, 5.41) is 5.01. The Labute approximate surface area is 109 Å². The van der Waals surface area contributed by atoms with E-state index in [0.717, 1.165) is 0 Å². The van der Waals surface area contributed by atoms with Crippen molar-refractivity contribution in [2.45, 2.75) is 18.5 Å². The highest BCUT2D eigenvalue weighted by atomic mass is 32.2. The lowest BCUT2D eigenvalue weighted by molar-refractivity contribution is 0.100. The van der Waals surface area contributed by atoms with Crippen molar-refractivity contribution in [3.8, 4) is 0 Å². The van der Waals surface area contributed by atoms with Gasteiger partial charge in [-0.25, -0.2) is 17.9 Å². The van der Waals surface area contributed by atoms with Gasteiger partial charge in [-0.3, -0.25) is 4.79 Å². The molecule has 7 nitrogen and oxygen atoms in total. The Balaban J connectivity index is 3.62. The smallest absolute Gasteiger partial charge is 0.280 e. The van der Waals surface area contributed by atoms with Crippen LogP contribution in [0.4, 0.5) is 4.39 Å². The molecule has 1 aromatic carbocycles. The number of carbonyl (C=O) groups is 1. The molecule has 0 aliphatic carbocycles. The van der Waals surface area contributed by atoms with Crippen LogP contribution in [0.2, 0.25) is 0 Å². The molecule has 0 aliphatic rings. The SMILES string of the molecule is Cc1ccc(C(=O)N=C(N)N)c(CF)c1S(N)(=O)=O. The normalized spacial score (nSPS) is 11.1. The van der Waals surface area contributed by atoms with Crippen molar-refractivity contribution in [3.05, 3.63) is 28.8 Å². The van der Waals surface area contributed by atoms with Gasteiger partial charge in [-0.1, -0.05) is 6.07 Å². The second kappa shape index (κ2) is 5.33. The predicted molar refractivity (Wildman–Crippen MR) is 67.5 cm³/mol. The van der Waals surface area contributed by atoms with Crippen molar-refractivity contribution in [2.24, 2.45) is 21.6 Å². The lowest BCUT2D eigenvalue weighted by atomic mass is 10.0. The summed E-state index contributed by atoms with van der Waals surface area (Å²) in [7, 11) is -4.16. The highest BCUT2D eigenvalue weighted by molar-refractivity contribution is 7.89. The lowest BCUT2D eigenvalue weighted by Gasteiger charge is -2.11. The first-order valence-corrected chi connectivity index (χ1v) is 6.58. The Morgan fingerprint density at radius 1 is 1.37 bits per heavy atom. The summed E-state index contributed by atoms with van der Waals surface area (Å²) in [5.41, 5.74) is 9.73. The number of aryl methyl sites for hydroxylation is 1. The third-order valence-electron chi connectivity index (χ3n) is 2.34. The van der Waals surface area contributed by atoms with Crippen LogP contribution in [-0.2, 0) is 16.7 Å². The number of sulfonamides is 1. The standard InChI is InChI=1S/C10H13FN4O3S/c1-5-2-3-6(9(16)15-10(12)13)7(4-11)8(5)19(14,17)18/h2-3H,4H2,1H3,(H2,14,17,18)(H4,12,13,15,16). The molecule has 104 valence electrons. The molecule has 6 N–H and O–H groups in total. The maximum atomic E-state index is 13.1. The van der Waals surface area contributed by atoms with E-state index in [9.17, 15) is 17.6 Å². The number of alkyl halides is 1. The monoisotopic (exact) mass is 288 g/mol. The number of nitrogens with zero attached hydrogens (tertiary/aromatic N) is 1. The van der Waals surface area contributed by atoms with E-state index in [2.05, 4.69) is 4.99 Å². The zero-order valence-corrected chi connectivity index (χ0v) is 10.9. The fraction of sp³-hybridized carbons (Fsp3) is 0.200. The highest BCUT2D eigenvalue weighted by Gasteiger charge is 2.23. The number of aliphatic imine (C=N–C) groups is 1. The summed E-state index contributed by atoms with van der Waals surface area (Å²) >= 11 is 0. The molecule has 0 radical (unpaired) electrons. The Bertz CT molecular complexity index is 651. The maximum Gasteiger partial charge on any atom is 0.280 e. The largest absolute Gasteiger partial charge is 0.370 e. The van der Waals surface area contributed by atoms with E-state index in [4.69, 9.17) is 16.6 Å². The van der Waals surface area contributed by atoms with Crippen molar-refractivity contribution in [1.29, 1.82) is 0 Å². The number of carbonyl (C=O) groups excluding carboxylic acids is 1. The topological polar surface area (TPSA) is 142 Å². The molecule has 19 heavy (non-hydrogen) atoms. The van der Waals surface area contributed by atoms with Gasteiger partial charge < -0.3 is 11.5 Å². The van der Waals surface area contributed by atoms with Crippen LogP contribution in [0.5, 0.6) is 0 Å². The third-order valence-corrected chi connectivity index (χ3v) is 3.47. The van der Waals surface area contributed by atoms with Crippen LogP contribution in [0.25, 0.3) is 0 Å². The number of nitrogens with two attached hydrogens (primary N) is 3. The van der Waals surface area contributed by atoms with Gasteiger partial charge in [-0.2, -0.15) is 4.99 Å². The number of rotatable bonds is 3. The minimum absolute atomic E-state index is 0.233. The van der Waals surface area contributed by atoms with Crippen LogP contribution >= 0.6 is 0 Å². The van der Waals surface area contributed by atoms with Crippen molar-refractivity contribution in [3.63, 3.8) is 0 Å². The number of guanidine groups is 1. The summed E-state index contributed by atoms with van der Waals surface area (Å²) in [5.74, 6) is -1.44. The number of hydrogen-bond donors (Lipinski definition) is 3. The molecule has 1 rings (SSSR count). The number of primary sulfonamides is 1. The molecule has 0 spiro atoms. The number of benzene rings is 1. The van der Waals surface area contributed by atoms with Gasteiger partial charge in [0.1, 0.15) is 6.67 Å². The van der Waals surface area contributed by atoms with Crippen LogP contribution in [0, 0.1) is 6.92 Å². The van der Waals surface area contributed by atoms with Gasteiger partial charge in [0.25, 0.3) is 5.91 Å². The van der Waals surface area contributed by atoms with Crippen molar-refractivity contribution in [2.75, 3.05) is 0 Å². The minimum Gasteiger partial charge on any atom is -0.370 e. The molecule has 1 amide bonds. The molecule has 0 heterocycles. The first kappa shape index (κ1) is 15.1. The van der Waals surface area contributed by atoms with Gasteiger partial charge in [0.05, 0.1) is 4.90 Å². The van der Waals surface area contributed by atoms with Gasteiger partial charge in [-0.05, 0) is 18.6 Å². The number of amides is 1. The second-order valence-corrected chi connectivity index (χ2v) is 5.26. The molecule has 0 saturated carbocycles. The lowest BCUT2D eigenvalue weighted by Crippen LogP contribution is -2.25. The minimum atomic E-state index is -4.16. The molecular weight excluding hydrogens is 275 g/mol. The van der Waals surface area contributed by atoms with Crippen LogP contribution < -0.4 is 16.6 Å². The fourth-order valence-corrected chi connectivity index (χ4v) is 2.68. The Morgan fingerprint density at radius 2 is 1.95 bits per heavy atom. The van der Waals surface area contributed by atoms with E-state index in [-0.39, 0.29) is 16.7 Å². The van der Waals surface area contributed by atoms with E-state index < -0.39 is 33.5 Å². The van der Waals surface area contributed by atoms with E-state index in [1.807, 2.05) is 0 Å². The summed E-state index contributed by atoms with van der Waals surface area (Å²) in [4.78, 5) is 14.5. The fourth-order valence-electron chi connectivity index (χ4n) is 1.65. The van der Waals surface area contributed by atoms with Crippen molar-refractivity contribution in [1.82, 2.24) is 0 Å². The zero-order chi connectivity index (χ0) is 14.8. The first-order valence-electron chi connectivity index (χ1n) is 5.03. The molecule has 0 aromatic heterocycles. The molecule has 0 saturated heterocycles. The van der Waals surface area contributed by atoms with Crippen LogP contribution in [-0.4, -0.2) is 20.3 Å². The third kappa shape index (κ3) is 3.26. The van der Waals surface area contributed by atoms with Crippen LogP contribution in [0.1, 0.15) is 21.5 Å². The molecule has 0 fully saturated rings. The summed E-state index contributed by atoms with van der Waals surface area (Å²) in [6.07, 6.45) is 0. The Kier molecular flexibility index (Phi) is 4.22. The van der Waals surface area contributed by atoms with Gasteiger partial charge in [-0.15, -0.1) is 0 Å². The van der Waals surface area contributed by atoms with Gasteiger partial charge in [0, 0.05) is 11.1 Å². The summed E-state index contributed by atoms with van der Waals surface area (Å²) in [6, 6.07) is 2.57. The maximum absolute atomic E-state index is 13.1. The number of halogens is 1. The Hall–Kier alpha value is -2.00. The van der Waals surface area contributed by atoms with E-state index in [1.54, 1.807) is 0 Å². The van der Waals surface area contributed by atoms with E-state index in [0.29, 0.717) is 0 Å². The molecular formula is C10H13FN4O3S. The van der Waals surface area contributed by atoms with Crippen molar-refractivity contribution < 1.29 is 17.6 Å². The first-order chi connectivity index (χ1) is 8.68. The van der Waals surface area contributed by atoms with E-state index >= 15 is 0 Å².